The van der Waals surface area contributed by atoms with Gasteiger partial charge >= 0.3 is 0 Å². The Kier molecular flexibility index (Phi) is 3.74. The van der Waals surface area contributed by atoms with Gasteiger partial charge in [-0.1, -0.05) is 6.07 Å². The van der Waals surface area contributed by atoms with Crippen LogP contribution in [0.3, 0.4) is 0 Å². The average Bonchev–Trinajstić information content (AvgIpc) is 2.35. The maximum Gasteiger partial charge on any atom is 0.143 e. The van der Waals surface area contributed by atoms with Gasteiger partial charge in [0.15, 0.2) is 0 Å². The predicted molar refractivity (Wildman–Crippen MR) is 84.0 cm³/mol. The van der Waals surface area contributed by atoms with Gasteiger partial charge in [0.05, 0.1) is 5.56 Å². The van der Waals surface area contributed by atoms with E-state index in [0.717, 1.165) is 11.3 Å². The normalized spacial score (nSPS) is 10.4. The first-order valence-electron chi connectivity index (χ1n) is 6.52. The maximum absolute atomic E-state index is 7.77. The summed E-state index contributed by atoms with van der Waals surface area (Å²) in [7, 11) is 1.95. The van der Waals surface area contributed by atoms with Crippen molar-refractivity contribution in [3.63, 3.8) is 0 Å². The lowest BCUT2D eigenvalue weighted by atomic mass is 10.1. The van der Waals surface area contributed by atoms with Gasteiger partial charge in [-0.15, -0.1) is 0 Å². The molecule has 1 aromatic heterocycles. The number of aromatic nitrogens is 1. The smallest absolute Gasteiger partial charge is 0.143 e. The number of amidine groups is 1. The SMILES string of the molecule is Cc1cc(C)cc(N(C)c2nccc(C)c2C(=N)N)c1. The molecule has 104 valence electrons. The van der Waals surface area contributed by atoms with E-state index in [1.165, 1.54) is 11.1 Å². The Morgan fingerprint density at radius 1 is 1.15 bits per heavy atom. The number of rotatable bonds is 3. The molecule has 0 saturated heterocycles. The summed E-state index contributed by atoms with van der Waals surface area (Å²) in [6.07, 6.45) is 1.75. The molecule has 1 heterocycles. The lowest BCUT2D eigenvalue weighted by molar-refractivity contribution is 1.10. The third-order valence-electron chi connectivity index (χ3n) is 3.32. The number of pyridine rings is 1. The minimum atomic E-state index is 0.0434. The van der Waals surface area contributed by atoms with Crippen LogP contribution in [0.2, 0.25) is 0 Å². The number of nitrogens with zero attached hydrogens (tertiary/aromatic N) is 2. The fourth-order valence-electron chi connectivity index (χ4n) is 2.40. The van der Waals surface area contributed by atoms with Crippen LogP contribution in [0.25, 0.3) is 0 Å². The summed E-state index contributed by atoms with van der Waals surface area (Å²) in [5.74, 6) is 0.754. The molecule has 4 heteroatoms. The van der Waals surface area contributed by atoms with Gasteiger partial charge in [-0.05, 0) is 55.7 Å². The van der Waals surface area contributed by atoms with E-state index in [-0.39, 0.29) is 5.84 Å². The van der Waals surface area contributed by atoms with Crippen molar-refractivity contribution < 1.29 is 0 Å². The largest absolute Gasteiger partial charge is 0.384 e. The second kappa shape index (κ2) is 5.33. The molecule has 0 fully saturated rings. The van der Waals surface area contributed by atoms with Gasteiger partial charge in [-0.2, -0.15) is 0 Å². The number of nitrogens with two attached hydrogens (primary N) is 1. The molecule has 3 N–H and O–H groups in total. The fourth-order valence-corrected chi connectivity index (χ4v) is 2.40. The van der Waals surface area contributed by atoms with Gasteiger partial charge in [0.2, 0.25) is 0 Å². The maximum atomic E-state index is 7.77. The number of anilines is 2. The van der Waals surface area contributed by atoms with Crippen molar-refractivity contribution >= 4 is 17.3 Å². The van der Waals surface area contributed by atoms with E-state index < -0.39 is 0 Å². The number of benzene rings is 1. The quantitative estimate of drug-likeness (QED) is 0.664. The molecule has 0 saturated carbocycles. The van der Waals surface area contributed by atoms with Crippen LogP contribution >= 0.6 is 0 Å². The molecule has 0 amide bonds. The van der Waals surface area contributed by atoms with Gasteiger partial charge in [-0.25, -0.2) is 4.98 Å². The molecule has 20 heavy (non-hydrogen) atoms. The number of aryl methyl sites for hydroxylation is 3. The first-order chi connectivity index (χ1) is 9.40. The molecule has 0 aliphatic heterocycles. The third-order valence-corrected chi connectivity index (χ3v) is 3.32. The Bertz CT molecular complexity index is 641. The molecule has 0 atom stereocenters. The molecule has 2 aromatic rings. The number of hydrogen-bond donors (Lipinski definition) is 2. The lowest BCUT2D eigenvalue weighted by Gasteiger charge is -2.22. The Labute approximate surface area is 119 Å². The highest BCUT2D eigenvalue weighted by atomic mass is 15.2. The zero-order valence-electron chi connectivity index (χ0n) is 12.4. The average molecular weight is 268 g/mol. The van der Waals surface area contributed by atoms with Crippen LogP contribution in [0.15, 0.2) is 30.5 Å². The lowest BCUT2D eigenvalue weighted by Crippen LogP contribution is -2.21. The summed E-state index contributed by atoms with van der Waals surface area (Å²) < 4.78 is 0. The van der Waals surface area contributed by atoms with Gasteiger partial charge in [0.25, 0.3) is 0 Å². The van der Waals surface area contributed by atoms with Crippen LogP contribution in [0.1, 0.15) is 22.3 Å². The first kappa shape index (κ1) is 14.1. The second-order valence-corrected chi connectivity index (χ2v) is 5.15. The van der Waals surface area contributed by atoms with Crippen LogP contribution in [0.4, 0.5) is 11.5 Å². The van der Waals surface area contributed by atoms with Crippen molar-refractivity contribution in [1.29, 1.82) is 5.41 Å². The van der Waals surface area contributed by atoms with Crippen molar-refractivity contribution in [1.82, 2.24) is 4.98 Å². The Morgan fingerprint density at radius 2 is 1.75 bits per heavy atom. The predicted octanol–water partition coefficient (Wildman–Crippen LogP) is 3.06. The van der Waals surface area contributed by atoms with Gasteiger partial charge in [-0.3, -0.25) is 5.41 Å². The number of nitrogens with one attached hydrogen (secondary N) is 1. The Hall–Kier alpha value is -2.36. The van der Waals surface area contributed by atoms with Gasteiger partial charge in [0, 0.05) is 18.9 Å². The van der Waals surface area contributed by atoms with Crippen molar-refractivity contribution in [2.75, 3.05) is 11.9 Å². The molecular formula is C16H20N4. The molecule has 0 unspecified atom stereocenters. The highest BCUT2D eigenvalue weighted by Gasteiger charge is 2.15. The van der Waals surface area contributed by atoms with Crippen LogP contribution < -0.4 is 10.6 Å². The van der Waals surface area contributed by atoms with Crippen LogP contribution in [0.5, 0.6) is 0 Å². The Morgan fingerprint density at radius 3 is 2.30 bits per heavy atom. The molecule has 0 spiro atoms. The highest BCUT2D eigenvalue weighted by molar-refractivity contribution is 6.01. The van der Waals surface area contributed by atoms with Gasteiger partial charge in [0.1, 0.15) is 11.7 Å². The molecular weight excluding hydrogens is 248 g/mol. The number of nitrogen functional groups attached to an aromatic ring is 1. The number of hydrogen-bond acceptors (Lipinski definition) is 3. The minimum absolute atomic E-state index is 0.0434. The first-order valence-corrected chi connectivity index (χ1v) is 6.52. The van der Waals surface area contributed by atoms with Crippen LogP contribution in [-0.4, -0.2) is 17.9 Å². The van der Waals surface area contributed by atoms with Crippen molar-refractivity contribution in [2.45, 2.75) is 20.8 Å². The van der Waals surface area contributed by atoms with E-state index in [2.05, 4.69) is 37.0 Å². The molecule has 0 bridgehead atoms. The van der Waals surface area contributed by atoms with E-state index in [0.29, 0.717) is 11.4 Å². The topological polar surface area (TPSA) is 66.0 Å². The molecule has 0 aliphatic carbocycles. The monoisotopic (exact) mass is 268 g/mol. The van der Waals surface area contributed by atoms with Crippen LogP contribution in [-0.2, 0) is 0 Å². The zero-order valence-corrected chi connectivity index (χ0v) is 12.4. The van der Waals surface area contributed by atoms with E-state index in [9.17, 15) is 0 Å². The van der Waals surface area contributed by atoms with E-state index >= 15 is 0 Å². The minimum Gasteiger partial charge on any atom is -0.384 e. The molecule has 2 rings (SSSR count). The van der Waals surface area contributed by atoms with E-state index in [1.54, 1.807) is 6.20 Å². The summed E-state index contributed by atoms with van der Waals surface area (Å²) in [5.41, 5.74) is 10.8. The molecule has 1 aromatic carbocycles. The third kappa shape index (κ3) is 2.64. The van der Waals surface area contributed by atoms with E-state index in [4.69, 9.17) is 11.1 Å². The molecule has 4 nitrogen and oxygen atoms in total. The Balaban J connectivity index is 2.56. The fraction of sp³-hybridized carbons (Fsp3) is 0.250. The summed E-state index contributed by atoms with van der Waals surface area (Å²) >= 11 is 0. The van der Waals surface area contributed by atoms with E-state index in [1.807, 2.05) is 24.9 Å². The second-order valence-electron chi connectivity index (χ2n) is 5.15. The summed E-state index contributed by atoms with van der Waals surface area (Å²) in [4.78, 5) is 6.38. The van der Waals surface area contributed by atoms with Crippen molar-refractivity contribution in [3.8, 4) is 0 Å². The molecule has 0 radical (unpaired) electrons. The van der Waals surface area contributed by atoms with Crippen molar-refractivity contribution in [2.24, 2.45) is 5.73 Å². The van der Waals surface area contributed by atoms with Crippen LogP contribution in [0, 0.1) is 26.2 Å². The standard InChI is InChI=1S/C16H20N4/c1-10-7-11(2)9-13(8-10)20(4)16-14(15(17)18)12(3)5-6-19-16/h5-9H,1-4H3,(H3,17,18). The van der Waals surface area contributed by atoms with Crippen molar-refractivity contribution in [3.05, 3.63) is 52.7 Å². The van der Waals surface area contributed by atoms with Gasteiger partial charge < -0.3 is 10.6 Å². The molecule has 0 aliphatic rings. The summed E-state index contributed by atoms with van der Waals surface area (Å²) in [6, 6.07) is 8.20. The summed E-state index contributed by atoms with van der Waals surface area (Å²) in [6.45, 7) is 6.08. The zero-order chi connectivity index (χ0) is 14.9. The summed E-state index contributed by atoms with van der Waals surface area (Å²) in [5, 5.41) is 7.77. The highest BCUT2D eigenvalue weighted by Crippen LogP contribution is 2.28.